The van der Waals surface area contributed by atoms with Crippen molar-refractivity contribution in [2.75, 3.05) is 37.8 Å². The Bertz CT molecular complexity index is 854. The number of aromatic nitrogens is 3. The van der Waals surface area contributed by atoms with Crippen LogP contribution in [0.5, 0.6) is 0 Å². The highest BCUT2D eigenvalue weighted by molar-refractivity contribution is 6.33. The Labute approximate surface area is 158 Å². The van der Waals surface area contributed by atoms with Crippen LogP contribution in [0, 0.1) is 0 Å². The third kappa shape index (κ3) is 4.91. The summed E-state index contributed by atoms with van der Waals surface area (Å²) in [6.45, 7) is 1.63. The summed E-state index contributed by atoms with van der Waals surface area (Å²) in [5.74, 6) is 1.24. The van der Waals surface area contributed by atoms with E-state index in [1.807, 2.05) is 56.6 Å². The second-order valence-corrected chi connectivity index (χ2v) is 6.44. The van der Waals surface area contributed by atoms with Gasteiger partial charge in [-0.05, 0) is 38.4 Å². The van der Waals surface area contributed by atoms with Crippen molar-refractivity contribution in [2.45, 2.75) is 0 Å². The number of benzene rings is 1. The van der Waals surface area contributed by atoms with Gasteiger partial charge in [-0.3, -0.25) is 4.98 Å². The van der Waals surface area contributed by atoms with Crippen molar-refractivity contribution >= 4 is 29.1 Å². The molecule has 0 saturated heterocycles. The van der Waals surface area contributed by atoms with Gasteiger partial charge in [-0.15, -0.1) is 0 Å². The third-order valence-corrected chi connectivity index (χ3v) is 4.01. The van der Waals surface area contributed by atoms with Gasteiger partial charge in [0, 0.05) is 37.1 Å². The van der Waals surface area contributed by atoms with Crippen molar-refractivity contribution in [3.63, 3.8) is 0 Å². The molecule has 7 heteroatoms. The molecular weight excluding hydrogens is 348 g/mol. The fourth-order valence-electron chi connectivity index (χ4n) is 2.35. The van der Waals surface area contributed by atoms with Crippen LogP contribution in [0.15, 0.2) is 54.9 Å². The van der Waals surface area contributed by atoms with Crippen LogP contribution in [0.25, 0.3) is 11.3 Å². The van der Waals surface area contributed by atoms with Gasteiger partial charge in [0.2, 0.25) is 5.95 Å². The van der Waals surface area contributed by atoms with Gasteiger partial charge < -0.3 is 15.5 Å². The molecule has 2 heterocycles. The molecular formula is C19H21ClN6. The van der Waals surface area contributed by atoms with Gasteiger partial charge in [-0.25, -0.2) is 4.98 Å². The highest BCUT2D eigenvalue weighted by Crippen LogP contribution is 2.27. The molecule has 0 atom stereocenters. The van der Waals surface area contributed by atoms with E-state index < -0.39 is 0 Å². The van der Waals surface area contributed by atoms with E-state index in [2.05, 4.69) is 30.5 Å². The predicted octanol–water partition coefficient (Wildman–Crippen LogP) is 3.91. The van der Waals surface area contributed by atoms with Crippen LogP contribution < -0.4 is 10.6 Å². The van der Waals surface area contributed by atoms with E-state index in [1.165, 1.54) is 0 Å². The van der Waals surface area contributed by atoms with Crippen molar-refractivity contribution in [3.05, 3.63) is 59.9 Å². The minimum atomic E-state index is 0.565. The van der Waals surface area contributed by atoms with Crippen molar-refractivity contribution in [3.8, 4) is 11.3 Å². The van der Waals surface area contributed by atoms with Crippen LogP contribution in [0.1, 0.15) is 0 Å². The number of halogens is 1. The number of likely N-dealkylation sites (N-methyl/N-ethyl adjacent to an activating group) is 1. The minimum Gasteiger partial charge on any atom is -0.353 e. The molecule has 6 nitrogen and oxygen atoms in total. The third-order valence-electron chi connectivity index (χ3n) is 3.68. The Hall–Kier alpha value is -2.70. The number of nitrogens with zero attached hydrogens (tertiary/aromatic N) is 4. The molecule has 0 bridgehead atoms. The van der Waals surface area contributed by atoms with Crippen LogP contribution in [-0.4, -0.2) is 47.0 Å². The Morgan fingerprint density at radius 1 is 1.04 bits per heavy atom. The lowest BCUT2D eigenvalue weighted by atomic mass is 10.2. The standard InChI is InChI=1S/C19H21ClN6/c1-26(2)12-11-22-19-24-17(14-7-9-21-10-8-14)13-18(25-19)23-16-6-4-3-5-15(16)20/h3-10,13H,11-12H2,1-2H3,(H2,22,23,24,25). The number of pyridine rings is 1. The summed E-state index contributed by atoms with van der Waals surface area (Å²) in [4.78, 5) is 15.4. The maximum Gasteiger partial charge on any atom is 0.225 e. The summed E-state index contributed by atoms with van der Waals surface area (Å²) in [5.41, 5.74) is 2.58. The highest BCUT2D eigenvalue weighted by atomic mass is 35.5. The molecule has 3 rings (SSSR count). The van der Waals surface area contributed by atoms with Crippen LogP contribution in [0.3, 0.4) is 0 Å². The molecule has 26 heavy (non-hydrogen) atoms. The maximum absolute atomic E-state index is 6.25. The SMILES string of the molecule is CN(C)CCNc1nc(Nc2ccccc2Cl)cc(-c2ccncc2)n1. The van der Waals surface area contributed by atoms with E-state index in [4.69, 9.17) is 11.6 Å². The largest absolute Gasteiger partial charge is 0.353 e. The Morgan fingerprint density at radius 2 is 1.81 bits per heavy atom. The van der Waals surface area contributed by atoms with E-state index >= 15 is 0 Å². The van der Waals surface area contributed by atoms with Crippen LogP contribution in [-0.2, 0) is 0 Å². The molecule has 0 amide bonds. The monoisotopic (exact) mass is 368 g/mol. The number of nitrogens with one attached hydrogen (secondary N) is 2. The second-order valence-electron chi connectivity index (χ2n) is 6.03. The number of hydrogen-bond acceptors (Lipinski definition) is 6. The maximum atomic E-state index is 6.25. The van der Waals surface area contributed by atoms with E-state index in [1.54, 1.807) is 12.4 Å². The molecule has 134 valence electrons. The molecule has 3 aromatic rings. The van der Waals surface area contributed by atoms with Crippen molar-refractivity contribution in [2.24, 2.45) is 0 Å². The second kappa shape index (κ2) is 8.60. The molecule has 0 unspecified atom stereocenters. The highest BCUT2D eigenvalue weighted by Gasteiger charge is 2.08. The van der Waals surface area contributed by atoms with E-state index in [0.29, 0.717) is 16.8 Å². The lowest BCUT2D eigenvalue weighted by molar-refractivity contribution is 0.425. The molecule has 0 saturated carbocycles. The molecule has 2 N–H and O–H groups in total. The van der Waals surface area contributed by atoms with Gasteiger partial charge in [0.25, 0.3) is 0 Å². The molecule has 0 fully saturated rings. The van der Waals surface area contributed by atoms with Crippen molar-refractivity contribution in [1.29, 1.82) is 0 Å². The number of para-hydroxylation sites is 1. The van der Waals surface area contributed by atoms with Gasteiger partial charge in [-0.2, -0.15) is 4.98 Å². The molecule has 0 aliphatic carbocycles. The Balaban J connectivity index is 1.90. The smallest absolute Gasteiger partial charge is 0.225 e. The topological polar surface area (TPSA) is 66.0 Å². The van der Waals surface area contributed by atoms with Gasteiger partial charge in [0.05, 0.1) is 16.4 Å². The zero-order chi connectivity index (χ0) is 18.4. The van der Waals surface area contributed by atoms with Crippen molar-refractivity contribution in [1.82, 2.24) is 19.9 Å². The summed E-state index contributed by atoms with van der Waals surface area (Å²) >= 11 is 6.25. The first-order valence-corrected chi connectivity index (χ1v) is 8.69. The fourth-order valence-corrected chi connectivity index (χ4v) is 2.54. The first kappa shape index (κ1) is 18.1. The zero-order valence-electron chi connectivity index (χ0n) is 14.8. The van der Waals surface area contributed by atoms with Crippen LogP contribution in [0.4, 0.5) is 17.5 Å². The average molecular weight is 369 g/mol. The van der Waals surface area contributed by atoms with Gasteiger partial charge in [0.15, 0.2) is 0 Å². The molecule has 1 aromatic carbocycles. The van der Waals surface area contributed by atoms with Gasteiger partial charge in [-0.1, -0.05) is 23.7 Å². The van der Waals surface area contributed by atoms with Gasteiger partial charge >= 0.3 is 0 Å². The normalized spacial score (nSPS) is 10.8. The Kier molecular flexibility index (Phi) is 5.99. The Morgan fingerprint density at radius 3 is 2.54 bits per heavy atom. The van der Waals surface area contributed by atoms with Crippen LogP contribution in [0.2, 0.25) is 5.02 Å². The molecule has 0 spiro atoms. The first-order valence-electron chi connectivity index (χ1n) is 8.31. The van der Waals surface area contributed by atoms with E-state index in [-0.39, 0.29) is 0 Å². The average Bonchev–Trinajstić information content (AvgIpc) is 2.64. The van der Waals surface area contributed by atoms with E-state index in [0.717, 1.165) is 30.0 Å². The first-order chi connectivity index (χ1) is 12.6. The quantitative estimate of drug-likeness (QED) is 0.659. The lowest BCUT2D eigenvalue weighted by Gasteiger charge is -2.13. The van der Waals surface area contributed by atoms with Gasteiger partial charge in [0.1, 0.15) is 5.82 Å². The fraction of sp³-hybridized carbons (Fsp3) is 0.211. The van der Waals surface area contributed by atoms with E-state index in [9.17, 15) is 0 Å². The summed E-state index contributed by atoms with van der Waals surface area (Å²) < 4.78 is 0. The number of anilines is 3. The summed E-state index contributed by atoms with van der Waals surface area (Å²) in [7, 11) is 4.06. The van der Waals surface area contributed by atoms with Crippen LogP contribution >= 0.6 is 11.6 Å². The molecule has 0 radical (unpaired) electrons. The predicted molar refractivity (Wildman–Crippen MR) is 107 cm³/mol. The molecule has 0 aliphatic heterocycles. The summed E-state index contributed by atoms with van der Waals surface area (Å²) in [5, 5.41) is 7.18. The minimum absolute atomic E-state index is 0.565. The molecule has 2 aromatic heterocycles. The molecule has 0 aliphatic rings. The lowest BCUT2D eigenvalue weighted by Crippen LogP contribution is -2.21. The summed E-state index contributed by atoms with van der Waals surface area (Å²) in [6.07, 6.45) is 3.50. The number of rotatable bonds is 7. The van der Waals surface area contributed by atoms with Crippen molar-refractivity contribution < 1.29 is 0 Å². The zero-order valence-corrected chi connectivity index (χ0v) is 15.5. The number of hydrogen-bond donors (Lipinski definition) is 2. The summed E-state index contributed by atoms with van der Waals surface area (Å²) in [6, 6.07) is 13.3.